The second-order valence-electron chi connectivity index (χ2n) is 11.1. The zero-order chi connectivity index (χ0) is 24.7. The number of carboxylic acid groups (broad SMARTS) is 1. The summed E-state index contributed by atoms with van der Waals surface area (Å²) in [7, 11) is 0. The Morgan fingerprint density at radius 1 is 1.29 bits per heavy atom. The number of esters is 1. The molecule has 1 aromatic heterocycles. The highest BCUT2D eigenvalue weighted by molar-refractivity contribution is 7.15. The van der Waals surface area contributed by atoms with Crippen LogP contribution in [0.5, 0.6) is 0 Å². The van der Waals surface area contributed by atoms with Crippen LogP contribution in [-0.2, 0) is 9.53 Å². The highest BCUT2D eigenvalue weighted by atomic mass is 32.1. The number of cyclic esters (lactones) is 1. The minimum atomic E-state index is -1.10. The van der Waals surface area contributed by atoms with Gasteiger partial charge in [0.15, 0.2) is 6.23 Å². The number of anilines is 1. The molecule has 2 heterocycles. The molecule has 2 N–H and O–H groups in total. The van der Waals surface area contributed by atoms with Gasteiger partial charge in [0.25, 0.3) is 0 Å². The number of fused-ring (bicyclic) bond motifs is 1. The number of thiophene rings is 1. The molecule has 1 aliphatic heterocycles. The summed E-state index contributed by atoms with van der Waals surface area (Å²) < 4.78 is 5.76. The Labute approximate surface area is 205 Å². The van der Waals surface area contributed by atoms with Crippen molar-refractivity contribution in [2.75, 3.05) is 4.90 Å². The first-order valence-electron chi connectivity index (χ1n) is 12.2. The molecule has 2 atom stereocenters. The molecule has 0 saturated heterocycles. The third-order valence-electron chi connectivity index (χ3n) is 7.06. The Kier molecular flexibility index (Phi) is 6.69. The number of nitrogens with zero attached hydrogens (tertiary/aromatic N) is 1. The lowest BCUT2D eigenvalue weighted by Gasteiger charge is -2.38. The molecular weight excluding hydrogens is 452 g/mol. The fourth-order valence-electron chi connectivity index (χ4n) is 4.88. The molecule has 2 aliphatic carbocycles. The first kappa shape index (κ1) is 24.6. The van der Waals surface area contributed by atoms with E-state index >= 15 is 0 Å². The summed E-state index contributed by atoms with van der Waals surface area (Å²) in [4.78, 5) is 40.5. The Balaban J connectivity index is 1.60. The molecule has 2 amide bonds. The van der Waals surface area contributed by atoms with Gasteiger partial charge in [0.2, 0.25) is 5.91 Å². The number of hydrogen-bond acceptors (Lipinski definition) is 5. The first-order chi connectivity index (χ1) is 16.0. The molecule has 2 saturated carbocycles. The predicted octanol–water partition coefficient (Wildman–Crippen LogP) is 5.38. The smallest absolute Gasteiger partial charge is 0.404 e. The Morgan fingerprint density at radius 3 is 2.56 bits per heavy atom. The number of rotatable bonds is 5. The van der Waals surface area contributed by atoms with E-state index in [1.807, 2.05) is 26.8 Å². The van der Waals surface area contributed by atoms with Crippen molar-refractivity contribution in [3.05, 3.63) is 15.8 Å². The Bertz CT molecular complexity index is 1030. The van der Waals surface area contributed by atoms with Crippen LogP contribution in [-0.4, -0.2) is 35.3 Å². The minimum Gasteiger partial charge on any atom is -0.465 e. The SMILES string of the molecule is CC(CCC1OC(=O)c2sc(C#CC(C)(C)C)cc2N1C(=O)C1CCC2(CC1)CC2)NC(=O)O. The number of carbonyl (C=O) groups is 3. The van der Waals surface area contributed by atoms with Gasteiger partial charge in [-0.05, 0) is 84.1 Å². The van der Waals surface area contributed by atoms with Gasteiger partial charge in [-0.25, -0.2) is 9.59 Å². The van der Waals surface area contributed by atoms with E-state index in [0.717, 1.165) is 30.6 Å². The molecule has 0 bridgehead atoms. The van der Waals surface area contributed by atoms with Gasteiger partial charge in [0, 0.05) is 23.8 Å². The minimum absolute atomic E-state index is 0.00114. The largest absolute Gasteiger partial charge is 0.465 e. The lowest BCUT2D eigenvalue weighted by molar-refractivity contribution is -0.126. The van der Waals surface area contributed by atoms with E-state index in [0.29, 0.717) is 28.8 Å². The maximum Gasteiger partial charge on any atom is 0.404 e. The second kappa shape index (κ2) is 9.26. The van der Waals surface area contributed by atoms with E-state index in [9.17, 15) is 14.4 Å². The van der Waals surface area contributed by atoms with Gasteiger partial charge in [-0.2, -0.15) is 0 Å². The number of carbonyl (C=O) groups excluding carboxylic acids is 2. The normalized spacial score (nSPS) is 22.3. The summed E-state index contributed by atoms with van der Waals surface area (Å²) in [6, 6.07) is 1.52. The monoisotopic (exact) mass is 486 g/mol. The third-order valence-corrected chi connectivity index (χ3v) is 8.08. The molecule has 1 aromatic rings. The van der Waals surface area contributed by atoms with E-state index in [1.165, 1.54) is 24.2 Å². The average Bonchev–Trinajstić information content (AvgIpc) is 3.35. The van der Waals surface area contributed by atoms with Crippen LogP contribution in [0, 0.1) is 28.6 Å². The van der Waals surface area contributed by atoms with Gasteiger partial charge in [0.05, 0.1) is 10.6 Å². The first-order valence-corrected chi connectivity index (χ1v) is 13.0. The van der Waals surface area contributed by atoms with E-state index in [-0.39, 0.29) is 23.3 Å². The summed E-state index contributed by atoms with van der Waals surface area (Å²) in [6.07, 6.45) is 5.39. The molecule has 184 valence electrons. The summed E-state index contributed by atoms with van der Waals surface area (Å²) >= 11 is 1.26. The van der Waals surface area contributed by atoms with Crippen molar-refractivity contribution in [1.29, 1.82) is 0 Å². The van der Waals surface area contributed by atoms with Gasteiger partial charge in [0.1, 0.15) is 4.88 Å². The fraction of sp³-hybridized carbons (Fsp3) is 0.654. The number of nitrogens with one attached hydrogen (secondary N) is 1. The van der Waals surface area contributed by atoms with Crippen molar-refractivity contribution in [2.45, 2.75) is 91.3 Å². The van der Waals surface area contributed by atoms with Gasteiger partial charge in [-0.3, -0.25) is 9.69 Å². The zero-order valence-corrected chi connectivity index (χ0v) is 21.2. The molecule has 0 aromatic carbocycles. The van der Waals surface area contributed by atoms with Crippen LogP contribution in [0.2, 0.25) is 0 Å². The summed E-state index contributed by atoms with van der Waals surface area (Å²) in [5.74, 6) is 5.82. The summed E-state index contributed by atoms with van der Waals surface area (Å²) in [6.45, 7) is 7.83. The number of amides is 2. The third kappa shape index (κ3) is 5.57. The molecule has 2 fully saturated rings. The Morgan fingerprint density at radius 2 is 1.97 bits per heavy atom. The number of hydrogen-bond donors (Lipinski definition) is 2. The van der Waals surface area contributed by atoms with E-state index in [4.69, 9.17) is 9.84 Å². The van der Waals surface area contributed by atoms with E-state index < -0.39 is 18.3 Å². The van der Waals surface area contributed by atoms with Crippen molar-refractivity contribution >= 4 is 35.0 Å². The standard InChI is InChI=1S/C26H34N2O5S/c1-16(27-24(31)32)5-6-20-28(22(29)17-7-11-26(12-8-17)13-14-26)19-15-18(9-10-25(2,3)4)34-21(19)23(30)33-20/h15-17,20,27H,5-8,11-14H2,1-4H3,(H,31,32). The maximum absolute atomic E-state index is 13.8. The van der Waals surface area contributed by atoms with Crippen LogP contribution in [0.25, 0.3) is 0 Å². The zero-order valence-electron chi connectivity index (χ0n) is 20.4. The fourth-order valence-corrected chi connectivity index (χ4v) is 5.76. The van der Waals surface area contributed by atoms with Crippen molar-refractivity contribution < 1.29 is 24.2 Å². The topological polar surface area (TPSA) is 95.9 Å². The molecular formula is C26H34N2O5S. The number of ether oxygens (including phenoxy) is 1. The molecule has 0 radical (unpaired) electrons. The van der Waals surface area contributed by atoms with Crippen molar-refractivity contribution in [2.24, 2.45) is 16.7 Å². The Hall–Kier alpha value is -2.53. The molecule has 8 heteroatoms. The molecule has 7 nitrogen and oxygen atoms in total. The highest BCUT2D eigenvalue weighted by Crippen LogP contribution is 2.57. The predicted molar refractivity (Wildman–Crippen MR) is 131 cm³/mol. The highest BCUT2D eigenvalue weighted by Gasteiger charge is 2.48. The molecule has 2 unspecified atom stereocenters. The maximum atomic E-state index is 13.8. The average molecular weight is 487 g/mol. The van der Waals surface area contributed by atoms with Crippen LogP contribution >= 0.6 is 11.3 Å². The van der Waals surface area contributed by atoms with Gasteiger partial charge in [-0.15, -0.1) is 11.3 Å². The second-order valence-corrected chi connectivity index (χ2v) is 12.1. The van der Waals surface area contributed by atoms with Crippen LogP contribution in [0.1, 0.15) is 93.6 Å². The molecule has 4 rings (SSSR count). The van der Waals surface area contributed by atoms with E-state index in [1.54, 1.807) is 11.8 Å². The lowest BCUT2D eigenvalue weighted by atomic mass is 9.79. The van der Waals surface area contributed by atoms with Crippen molar-refractivity contribution in [1.82, 2.24) is 5.32 Å². The van der Waals surface area contributed by atoms with Gasteiger partial charge < -0.3 is 15.2 Å². The van der Waals surface area contributed by atoms with Crippen molar-refractivity contribution in [3.8, 4) is 11.8 Å². The van der Waals surface area contributed by atoms with Crippen LogP contribution in [0.3, 0.4) is 0 Å². The molecule has 1 spiro atoms. The van der Waals surface area contributed by atoms with Gasteiger partial charge in [-0.1, -0.05) is 11.8 Å². The lowest BCUT2D eigenvalue weighted by Crippen LogP contribution is -2.50. The van der Waals surface area contributed by atoms with Gasteiger partial charge >= 0.3 is 12.1 Å². The van der Waals surface area contributed by atoms with Crippen LogP contribution in [0.4, 0.5) is 10.5 Å². The van der Waals surface area contributed by atoms with Crippen molar-refractivity contribution in [3.63, 3.8) is 0 Å². The summed E-state index contributed by atoms with van der Waals surface area (Å²) in [5, 5.41) is 11.4. The summed E-state index contributed by atoms with van der Waals surface area (Å²) in [5.41, 5.74) is 0.878. The quantitative estimate of drug-likeness (QED) is 0.430. The van der Waals surface area contributed by atoms with Crippen LogP contribution < -0.4 is 10.2 Å². The van der Waals surface area contributed by atoms with Crippen LogP contribution in [0.15, 0.2) is 6.07 Å². The van der Waals surface area contributed by atoms with E-state index in [2.05, 4.69) is 17.2 Å². The molecule has 34 heavy (non-hydrogen) atoms. The molecule has 3 aliphatic rings.